The van der Waals surface area contributed by atoms with Gasteiger partial charge in [-0.3, -0.25) is 4.99 Å². The fourth-order valence-electron chi connectivity index (χ4n) is 2.26. The van der Waals surface area contributed by atoms with Crippen molar-refractivity contribution in [3.8, 4) is 0 Å². The van der Waals surface area contributed by atoms with E-state index in [0.29, 0.717) is 6.04 Å². The molecule has 18 heavy (non-hydrogen) atoms. The average molecular weight is 278 g/mol. The molecule has 1 aliphatic rings. The zero-order valence-electron chi connectivity index (χ0n) is 11.6. The summed E-state index contributed by atoms with van der Waals surface area (Å²) in [5.41, 5.74) is 1.25. The van der Waals surface area contributed by atoms with Crippen LogP contribution in [-0.4, -0.2) is 19.5 Å². The molecule has 0 bridgehead atoms. The van der Waals surface area contributed by atoms with Crippen LogP contribution in [0.1, 0.15) is 31.2 Å². The molecule has 1 fully saturated rings. The van der Waals surface area contributed by atoms with E-state index >= 15 is 0 Å². The third kappa shape index (κ3) is 4.62. The number of benzene rings is 1. The van der Waals surface area contributed by atoms with Gasteiger partial charge in [-0.05, 0) is 30.5 Å². The molecule has 1 saturated carbocycles. The van der Waals surface area contributed by atoms with Crippen molar-refractivity contribution in [2.45, 2.75) is 56.3 Å². The van der Waals surface area contributed by atoms with Crippen LogP contribution in [0.15, 0.2) is 34.2 Å². The molecule has 0 aromatic heterocycles. The van der Waals surface area contributed by atoms with Crippen LogP contribution in [0, 0.1) is 0 Å². The minimum absolute atomic E-state index is 0.582. The lowest BCUT2D eigenvalue weighted by molar-refractivity contribution is 0.710. The Kier molecular flexibility index (Phi) is 4.68. The fraction of sp³-hybridized carbons (Fsp3) is 0.533. The Morgan fingerprint density at radius 3 is 2.61 bits per heavy atom. The molecule has 0 aliphatic heterocycles. The topological polar surface area (TPSA) is 12.4 Å². The zero-order chi connectivity index (χ0) is 13.0. The highest BCUT2D eigenvalue weighted by Crippen LogP contribution is 2.29. The summed E-state index contributed by atoms with van der Waals surface area (Å²) in [6.45, 7) is 7.16. The molecular formula is C15H23NSSi. The van der Waals surface area contributed by atoms with Gasteiger partial charge in [0.25, 0.3) is 0 Å². The van der Waals surface area contributed by atoms with Crippen molar-refractivity contribution >= 4 is 24.6 Å². The molecule has 1 aromatic carbocycles. The van der Waals surface area contributed by atoms with Gasteiger partial charge in [-0.25, -0.2) is 0 Å². The first-order valence-corrected chi connectivity index (χ1v) is 11.9. The van der Waals surface area contributed by atoms with Crippen molar-refractivity contribution in [3.63, 3.8) is 0 Å². The van der Waals surface area contributed by atoms with Crippen LogP contribution in [0.3, 0.4) is 0 Å². The smallest absolute Gasteiger partial charge is 0.114 e. The molecule has 98 valence electrons. The summed E-state index contributed by atoms with van der Waals surface area (Å²) in [4.78, 5) is 6.10. The highest BCUT2D eigenvalue weighted by atomic mass is 32.4. The summed E-state index contributed by atoms with van der Waals surface area (Å²) >= 11 is 2.05. The average Bonchev–Trinajstić information content (AvgIpc) is 2.77. The number of hydrogen-bond acceptors (Lipinski definition) is 2. The van der Waals surface area contributed by atoms with E-state index in [-0.39, 0.29) is 0 Å². The maximum Gasteiger partial charge on any atom is 0.114 e. The summed E-state index contributed by atoms with van der Waals surface area (Å²) in [5.74, 6) is 0. The first-order chi connectivity index (χ1) is 8.53. The lowest BCUT2D eigenvalue weighted by Crippen LogP contribution is -2.13. The van der Waals surface area contributed by atoms with Gasteiger partial charge in [-0.15, -0.1) is 0 Å². The summed E-state index contributed by atoms with van der Waals surface area (Å²) in [5, 5.41) is 0. The van der Waals surface area contributed by atoms with Crippen LogP contribution in [0.5, 0.6) is 0 Å². The van der Waals surface area contributed by atoms with Gasteiger partial charge in [-0.1, -0.05) is 44.6 Å². The molecule has 0 amide bonds. The minimum atomic E-state index is -1.10. The minimum Gasteiger partial charge on any atom is -0.289 e. The van der Waals surface area contributed by atoms with Crippen molar-refractivity contribution in [3.05, 3.63) is 29.8 Å². The fourth-order valence-corrected chi connectivity index (χ4v) is 5.81. The van der Waals surface area contributed by atoms with Gasteiger partial charge in [0, 0.05) is 17.2 Å². The SMILES string of the molecule is C[Si](C)(C)Sc1cccc(/C=N\C2CCCC2)c1. The van der Waals surface area contributed by atoms with Gasteiger partial charge in [0.2, 0.25) is 0 Å². The predicted molar refractivity (Wildman–Crippen MR) is 85.5 cm³/mol. The Balaban J connectivity index is 2.02. The van der Waals surface area contributed by atoms with Crippen molar-refractivity contribution in [2.75, 3.05) is 0 Å². The molecule has 1 nitrogen and oxygen atoms in total. The Morgan fingerprint density at radius 1 is 1.22 bits per heavy atom. The summed E-state index contributed by atoms with van der Waals surface area (Å²) in [7, 11) is -1.10. The molecular weight excluding hydrogens is 254 g/mol. The van der Waals surface area contributed by atoms with Gasteiger partial charge in [0.1, 0.15) is 7.22 Å². The van der Waals surface area contributed by atoms with Gasteiger partial charge in [-0.2, -0.15) is 11.2 Å². The molecule has 0 N–H and O–H groups in total. The zero-order valence-corrected chi connectivity index (χ0v) is 13.5. The predicted octanol–water partition coefficient (Wildman–Crippen LogP) is 4.98. The third-order valence-electron chi connectivity index (χ3n) is 3.04. The molecule has 2 rings (SSSR count). The van der Waals surface area contributed by atoms with Crippen LogP contribution in [-0.2, 0) is 0 Å². The number of hydrogen-bond donors (Lipinski definition) is 0. The van der Waals surface area contributed by atoms with E-state index in [1.54, 1.807) is 0 Å². The molecule has 3 heteroatoms. The van der Waals surface area contributed by atoms with Crippen molar-refractivity contribution in [1.29, 1.82) is 0 Å². The third-order valence-corrected chi connectivity index (χ3v) is 6.69. The first-order valence-electron chi connectivity index (χ1n) is 6.85. The highest BCUT2D eigenvalue weighted by Gasteiger charge is 2.15. The highest BCUT2D eigenvalue weighted by molar-refractivity contribution is 8.28. The Hall–Kier alpha value is -0.543. The summed E-state index contributed by atoms with van der Waals surface area (Å²) < 4.78 is 0. The second kappa shape index (κ2) is 6.07. The van der Waals surface area contributed by atoms with Crippen molar-refractivity contribution in [1.82, 2.24) is 0 Å². The lowest BCUT2D eigenvalue weighted by Gasteiger charge is -2.15. The van der Waals surface area contributed by atoms with E-state index in [9.17, 15) is 0 Å². The van der Waals surface area contributed by atoms with Crippen molar-refractivity contribution in [2.24, 2.45) is 4.99 Å². The van der Waals surface area contributed by atoms with E-state index in [0.717, 1.165) is 0 Å². The maximum absolute atomic E-state index is 4.71. The maximum atomic E-state index is 4.71. The molecule has 0 heterocycles. The van der Waals surface area contributed by atoms with Crippen LogP contribution >= 0.6 is 11.2 Å². The Bertz CT molecular complexity index is 417. The number of nitrogens with zero attached hydrogens (tertiary/aromatic N) is 1. The first kappa shape index (κ1) is 13.9. The molecule has 0 saturated heterocycles. The van der Waals surface area contributed by atoms with E-state index < -0.39 is 7.22 Å². The Labute approximate surface area is 116 Å². The normalized spacial score (nSPS) is 17.7. The molecule has 0 radical (unpaired) electrons. The van der Waals surface area contributed by atoms with Gasteiger partial charge >= 0.3 is 0 Å². The quantitative estimate of drug-likeness (QED) is 0.559. The summed E-state index contributed by atoms with van der Waals surface area (Å²) in [6.07, 6.45) is 7.34. The van der Waals surface area contributed by atoms with Crippen LogP contribution in [0.2, 0.25) is 19.6 Å². The molecule has 0 atom stereocenters. The second-order valence-corrected chi connectivity index (χ2v) is 15.2. The largest absolute Gasteiger partial charge is 0.289 e. The second-order valence-electron chi connectivity index (χ2n) is 6.00. The van der Waals surface area contributed by atoms with Gasteiger partial charge in [0.15, 0.2) is 0 Å². The lowest BCUT2D eigenvalue weighted by atomic mass is 10.2. The van der Waals surface area contributed by atoms with Crippen LogP contribution < -0.4 is 0 Å². The van der Waals surface area contributed by atoms with E-state index in [1.807, 2.05) is 0 Å². The van der Waals surface area contributed by atoms with E-state index in [4.69, 9.17) is 4.99 Å². The van der Waals surface area contributed by atoms with E-state index in [1.165, 1.54) is 36.1 Å². The molecule has 1 aromatic rings. The number of aliphatic imine (C=N–C) groups is 1. The van der Waals surface area contributed by atoms with Crippen molar-refractivity contribution < 1.29 is 0 Å². The van der Waals surface area contributed by atoms with E-state index in [2.05, 4.69) is 61.3 Å². The van der Waals surface area contributed by atoms with Gasteiger partial charge in [0.05, 0.1) is 0 Å². The number of rotatable bonds is 4. The molecule has 1 aliphatic carbocycles. The summed E-state index contributed by atoms with van der Waals surface area (Å²) in [6, 6.07) is 9.39. The standard InChI is InChI=1S/C15H23NSSi/c1-18(2,3)17-15-10-6-7-13(11-15)12-16-14-8-4-5-9-14/h6-7,10-12,14H,4-5,8-9H2,1-3H3/b16-12-. The van der Waals surface area contributed by atoms with Gasteiger partial charge < -0.3 is 0 Å². The Morgan fingerprint density at radius 2 is 1.94 bits per heavy atom. The monoisotopic (exact) mass is 277 g/mol. The van der Waals surface area contributed by atoms with Crippen LogP contribution in [0.25, 0.3) is 0 Å². The molecule has 0 spiro atoms. The molecule has 0 unspecified atom stereocenters. The van der Waals surface area contributed by atoms with Crippen LogP contribution in [0.4, 0.5) is 0 Å².